The SMILES string of the molecule is Cc1ccc(-n2c(=S)[nH]c3ccc(C)cc32)c(F)c1. The molecule has 0 radical (unpaired) electrons. The molecule has 0 atom stereocenters. The first-order chi connectivity index (χ1) is 9.06. The van der Waals surface area contributed by atoms with Crippen molar-refractivity contribution in [3.8, 4) is 5.69 Å². The lowest BCUT2D eigenvalue weighted by Crippen LogP contribution is -1.98. The van der Waals surface area contributed by atoms with Gasteiger partial charge in [0.15, 0.2) is 4.77 Å². The Labute approximate surface area is 115 Å². The van der Waals surface area contributed by atoms with Gasteiger partial charge in [0.1, 0.15) is 5.82 Å². The maximum atomic E-state index is 14.1. The number of H-pyrrole nitrogens is 1. The van der Waals surface area contributed by atoms with E-state index in [1.807, 2.05) is 38.1 Å². The normalized spacial score (nSPS) is 11.1. The quantitative estimate of drug-likeness (QED) is 0.649. The number of imidazole rings is 1. The number of aromatic nitrogens is 2. The molecule has 3 aromatic rings. The van der Waals surface area contributed by atoms with E-state index in [0.717, 1.165) is 22.2 Å². The number of rotatable bonds is 1. The minimum Gasteiger partial charge on any atom is -0.330 e. The molecule has 0 saturated heterocycles. The Balaban J connectivity index is 2.38. The third kappa shape index (κ3) is 1.98. The fourth-order valence-electron chi connectivity index (χ4n) is 2.25. The van der Waals surface area contributed by atoms with Crippen molar-refractivity contribution in [2.45, 2.75) is 13.8 Å². The molecule has 96 valence electrons. The zero-order chi connectivity index (χ0) is 13.6. The van der Waals surface area contributed by atoms with Gasteiger partial charge in [0.25, 0.3) is 0 Å². The van der Waals surface area contributed by atoms with Crippen molar-refractivity contribution in [2.24, 2.45) is 0 Å². The zero-order valence-corrected chi connectivity index (χ0v) is 11.5. The molecule has 0 fully saturated rings. The second-order valence-electron chi connectivity index (χ2n) is 4.74. The lowest BCUT2D eigenvalue weighted by Gasteiger charge is -2.07. The largest absolute Gasteiger partial charge is 0.330 e. The Kier molecular flexibility index (Phi) is 2.75. The molecular formula is C15H13FN2S. The van der Waals surface area contributed by atoms with Gasteiger partial charge >= 0.3 is 0 Å². The van der Waals surface area contributed by atoms with Crippen molar-refractivity contribution in [3.63, 3.8) is 0 Å². The fraction of sp³-hybridized carbons (Fsp3) is 0.133. The Morgan fingerprint density at radius 1 is 1.05 bits per heavy atom. The van der Waals surface area contributed by atoms with E-state index in [2.05, 4.69) is 4.98 Å². The molecule has 4 heteroatoms. The van der Waals surface area contributed by atoms with Crippen molar-refractivity contribution >= 4 is 23.3 Å². The number of nitrogens with one attached hydrogen (secondary N) is 1. The van der Waals surface area contributed by atoms with Crippen LogP contribution >= 0.6 is 12.2 Å². The Morgan fingerprint density at radius 3 is 2.47 bits per heavy atom. The van der Waals surface area contributed by atoms with Crippen molar-refractivity contribution < 1.29 is 4.39 Å². The topological polar surface area (TPSA) is 20.7 Å². The Bertz CT molecular complexity index is 830. The van der Waals surface area contributed by atoms with E-state index in [-0.39, 0.29) is 5.82 Å². The summed E-state index contributed by atoms with van der Waals surface area (Å²) in [5.74, 6) is -0.265. The van der Waals surface area contributed by atoms with E-state index < -0.39 is 0 Å². The van der Waals surface area contributed by atoms with Gasteiger partial charge in [0, 0.05) is 0 Å². The smallest absolute Gasteiger partial charge is 0.182 e. The van der Waals surface area contributed by atoms with Crippen LogP contribution < -0.4 is 0 Å². The zero-order valence-electron chi connectivity index (χ0n) is 10.7. The third-order valence-electron chi connectivity index (χ3n) is 3.18. The lowest BCUT2D eigenvalue weighted by molar-refractivity contribution is 0.617. The van der Waals surface area contributed by atoms with Gasteiger partial charge in [-0.25, -0.2) is 4.39 Å². The van der Waals surface area contributed by atoms with Gasteiger partial charge in [-0.15, -0.1) is 0 Å². The molecule has 3 rings (SSSR count). The highest BCUT2D eigenvalue weighted by Gasteiger charge is 2.10. The number of hydrogen-bond acceptors (Lipinski definition) is 1. The number of fused-ring (bicyclic) bond motifs is 1. The number of halogens is 1. The molecule has 1 N–H and O–H groups in total. The van der Waals surface area contributed by atoms with E-state index in [9.17, 15) is 4.39 Å². The first kappa shape index (κ1) is 12.1. The predicted molar refractivity (Wildman–Crippen MR) is 77.9 cm³/mol. The van der Waals surface area contributed by atoms with Crippen LogP contribution in [-0.2, 0) is 0 Å². The lowest BCUT2D eigenvalue weighted by atomic mass is 10.2. The van der Waals surface area contributed by atoms with Crippen LogP contribution in [0.3, 0.4) is 0 Å². The molecule has 0 saturated carbocycles. The molecule has 2 nitrogen and oxygen atoms in total. The van der Waals surface area contributed by atoms with Gasteiger partial charge in [0.2, 0.25) is 0 Å². The fourth-order valence-corrected chi connectivity index (χ4v) is 2.55. The van der Waals surface area contributed by atoms with Gasteiger partial charge in [-0.1, -0.05) is 12.1 Å². The van der Waals surface area contributed by atoms with Crippen molar-refractivity contribution in [3.05, 3.63) is 58.1 Å². The van der Waals surface area contributed by atoms with Gasteiger partial charge in [0.05, 0.1) is 16.7 Å². The molecule has 0 aliphatic heterocycles. The molecule has 0 amide bonds. The van der Waals surface area contributed by atoms with Crippen LogP contribution in [0.1, 0.15) is 11.1 Å². The third-order valence-corrected chi connectivity index (χ3v) is 3.47. The maximum absolute atomic E-state index is 14.1. The highest BCUT2D eigenvalue weighted by Crippen LogP contribution is 2.23. The average molecular weight is 272 g/mol. The molecule has 1 aromatic heterocycles. The number of hydrogen-bond donors (Lipinski definition) is 1. The second kappa shape index (κ2) is 4.31. The van der Waals surface area contributed by atoms with E-state index in [1.54, 1.807) is 10.6 Å². The molecule has 0 unspecified atom stereocenters. The summed E-state index contributed by atoms with van der Waals surface area (Å²) in [4.78, 5) is 3.11. The predicted octanol–water partition coefficient (Wildman–Crippen LogP) is 4.44. The first-order valence-corrected chi connectivity index (χ1v) is 6.45. The van der Waals surface area contributed by atoms with Gasteiger partial charge in [-0.05, 0) is 61.5 Å². The summed E-state index contributed by atoms with van der Waals surface area (Å²) in [6.45, 7) is 3.87. The van der Waals surface area contributed by atoms with E-state index in [1.165, 1.54) is 6.07 Å². The Morgan fingerprint density at radius 2 is 1.74 bits per heavy atom. The molecule has 1 heterocycles. The first-order valence-electron chi connectivity index (χ1n) is 6.04. The molecule has 0 aliphatic carbocycles. The molecule has 0 spiro atoms. The van der Waals surface area contributed by atoms with E-state index >= 15 is 0 Å². The molecule has 2 aromatic carbocycles. The van der Waals surface area contributed by atoms with Gasteiger partial charge in [-0.3, -0.25) is 4.57 Å². The van der Waals surface area contributed by atoms with Gasteiger partial charge < -0.3 is 4.98 Å². The van der Waals surface area contributed by atoms with Crippen molar-refractivity contribution in [1.82, 2.24) is 9.55 Å². The summed E-state index contributed by atoms with van der Waals surface area (Å²) < 4.78 is 16.4. The van der Waals surface area contributed by atoms with Crippen LogP contribution in [0.2, 0.25) is 0 Å². The summed E-state index contributed by atoms with van der Waals surface area (Å²) in [5, 5.41) is 0. The van der Waals surface area contributed by atoms with Crippen LogP contribution in [0.25, 0.3) is 16.7 Å². The van der Waals surface area contributed by atoms with Crippen LogP contribution in [0.15, 0.2) is 36.4 Å². The number of nitrogens with zero attached hydrogens (tertiary/aromatic N) is 1. The van der Waals surface area contributed by atoms with Gasteiger partial charge in [-0.2, -0.15) is 0 Å². The van der Waals surface area contributed by atoms with Crippen LogP contribution in [-0.4, -0.2) is 9.55 Å². The minimum atomic E-state index is -0.265. The Hall–Kier alpha value is -1.94. The van der Waals surface area contributed by atoms with E-state index in [4.69, 9.17) is 12.2 Å². The summed E-state index contributed by atoms with van der Waals surface area (Å²) in [6, 6.07) is 11.1. The summed E-state index contributed by atoms with van der Waals surface area (Å²) in [6.07, 6.45) is 0. The number of aromatic amines is 1. The molecule has 19 heavy (non-hydrogen) atoms. The van der Waals surface area contributed by atoms with Crippen LogP contribution in [0.5, 0.6) is 0 Å². The highest BCUT2D eigenvalue weighted by atomic mass is 32.1. The average Bonchev–Trinajstić information content (AvgIpc) is 2.65. The van der Waals surface area contributed by atoms with Crippen molar-refractivity contribution in [1.29, 1.82) is 0 Å². The summed E-state index contributed by atoms with van der Waals surface area (Å²) in [7, 11) is 0. The highest BCUT2D eigenvalue weighted by molar-refractivity contribution is 7.71. The summed E-state index contributed by atoms with van der Waals surface area (Å²) >= 11 is 5.31. The van der Waals surface area contributed by atoms with Crippen LogP contribution in [0, 0.1) is 24.4 Å². The number of aryl methyl sites for hydroxylation is 2. The standard InChI is InChI=1S/C15H13FN2S/c1-9-4-6-13(11(16)7-9)18-14-8-10(2)3-5-12(14)17-15(18)19/h3-8H,1-2H3,(H,17,19). The molecule has 0 bridgehead atoms. The molecular weight excluding hydrogens is 259 g/mol. The maximum Gasteiger partial charge on any atom is 0.182 e. The molecule has 0 aliphatic rings. The second-order valence-corrected chi connectivity index (χ2v) is 5.13. The van der Waals surface area contributed by atoms with Crippen LogP contribution in [0.4, 0.5) is 4.39 Å². The van der Waals surface area contributed by atoms with E-state index in [0.29, 0.717) is 10.5 Å². The summed E-state index contributed by atoms with van der Waals surface area (Å²) in [5.41, 5.74) is 4.29. The van der Waals surface area contributed by atoms with Crippen molar-refractivity contribution in [2.75, 3.05) is 0 Å². The monoisotopic (exact) mass is 272 g/mol. The number of benzene rings is 2. The minimum absolute atomic E-state index is 0.265.